The van der Waals surface area contributed by atoms with Crippen molar-refractivity contribution in [3.63, 3.8) is 0 Å². The first-order valence-corrected chi connectivity index (χ1v) is 8.39. The van der Waals surface area contributed by atoms with Crippen molar-refractivity contribution >= 4 is 17.4 Å². The molecule has 2 heterocycles. The first-order chi connectivity index (χ1) is 9.91. The van der Waals surface area contributed by atoms with E-state index in [2.05, 4.69) is 49.0 Å². The monoisotopic (exact) mass is 309 g/mol. The van der Waals surface area contributed by atoms with Gasteiger partial charge in [0.25, 0.3) is 0 Å². The van der Waals surface area contributed by atoms with Crippen LogP contribution in [0.5, 0.6) is 0 Å². The van der Waals surface area contributed by atoms with E-state index in [1.54, 1.807) is 0 Å². The van der Waals surface area contributed by atoms with E-state index in [4.69, 9.17) is 11.6 Å². The summed E-state index contributed by atoms with van der Waals surface area (Å²) >= 11 is 6.45. The predicted molar refractivity (Wildman–Crippen MR) is 91.0 cm³/mol. The number of aromatic nitrogens is 1. The molecule has 0 bridgehead atoms. The van der Waals surface area contributed by atoms with E-state index in [0.717, 1.165) is 49.0 Å². The summed E-state index contributed by atoms with van der Waals surface area (Å²) in [6.45, 7) is 13.1. The maximum absolute atomic E-state index is 6.45. The average molecular weight is 310 g/mol. The van der Waals surface area contributed by atoms with Crippen molar-refractivity contribution < 1.29 is 0 Å². The van der Waals surface area contributed by atoms with E-state index in [1.807, 2.05) is 6.20 Å². The molecular weight excluding hydrogens is 282 g/mol. The molecule has 1 aromatic heterocycles. The highest BCUT2D eigenvalue weighted by molar-refractivity contribution is 6.33. The normalized spacial score (nSPS) is 19.3. The van der Waals surface area contributed by atoms with Gasteiger partial charge < -0.3 is 10.2 Å². The fraction of sp³-hybridized carbons (Fsp3) is 0.706. The van der Waals surface area contributed by atoms with Gasteiger partial charge in [-0.25, -0.2) is 4.98 Å². The van der Waals surface area contributed by atoms with Crippen LogP contribution in [-0.4, -0.2) is 24.6 Å². The van der Waals surface area contributed by atoms with Crippen LogP contribution in [0.15, 0.2) is 12.3 Å². The van der Waals surface area contributed by atoms with Crippen LogP contribution >= 0.6 is 11.6 Å². The Kier molecular flexibility index (Phi) is 5.50. The molecule has 1 unspecified atom stereocenters. The predicted octanol–water partition coefficient (Wildman–Crippen LogP) is 4.11. The molecule has 3 nitrogen and oxygen atoms in total. The number of anilines is 1. The SMILES string of the molecule is CCCNCc1cnc(N2CCC(C(C)(C)C)C2)c(Cl)c1. The second kappa shape index (κ2) is 6.97. The van der Waals surface area contributed by atoms with Gasteiger partial charge >= 0.3 is 0 Å². The number of hydrogen-bond acceptors (Lipinski definition) is 3. The minimum atomic E-state index is 0.352. The second-order valence-corrected chi connectivity index (χ2v) is 7.53. The van der Waals surface area contributed by atoms with Crippen LogP contribution in [0.4, 0.5) is 5.82 Å². The van der Waals surface area contributed by atoms with Gasteiger partial charge in [-0.2, -0.15) is 0 Å². The number of hydrogen-bond donors (Lipinski definition) is 1. The van der Waals surface area contributed by atoms with Gasteiger partial charge in [0.2, 0.25) is 0 Å². The summed E-state index contributed by atoms with van der Waals surface area (Å²) in [6, 6.07) is 2.05. The molecule has 1 atom stereocenters. The molecule has 1 N–H and O–H groups in total. The second-order valence-electron chi connectivity index (χ2n) is 7.12. The van der Waals surface area contributed by atoms with E-state index >= 15 is 0 Å². The molecule has 4 heteroatoms. The zero-order valence-electron chi connectivity index (χ0n) is 13.7. The van der Waals surface area contributed by atoms with Gasteiger partial charge in [0.15, 0.2) is 0 Å². The van der Waals surface area contributed by atoms with E-state index in [0.29, 0.717) is 11.3 Å². The highest BCUT2D eigenvalue weighted by atomic mass is 35.5. The molecule has 1 saturated heterocycles. The summed E-state index contributed by atoms with van der Waals surface area (Å²) in [6.07, 6.45) is 4.32. The zero-order valence-corrected chi connectivity index (χ0v) is 14.5. The van der Waals surface area contributed by atoms with Crippen LogP contribution in [0.3, 0.4) is 0 Å². The highest BCUT2D eigenvalue weighted by Gasteiger charge is 2.32. The Morgan fingerprint density at radius 1 is 1.43 bits per heavy atom. The Bertz CT molecular complexity index is 468. The van der Waals surface area contributed by atoms with E-state index in [-0.39, 0.29) is 0 Å². The lowest BCUT2D eigenvalue weighted by Crippen LogP contribution is -2.26. The summed E-state index contributed by atoms with van der Waals surface area (Å²) in [5.41, 5.74) is 1.51. The van der Waals surface area contributed by atoms with Gasteiger partial charge in [-0.15, -0.1) is 0 Å². The van der Waals surface area contributed by atoms with Gasteiger partial charge in [0, 0.05) is 25.8 Å². The average Bonchev–Trinajstić information content (AvgIpc) is 2.88. The maximum atomic E-state index is 6.45. The molecule has 2 rings (SSSR count). The van der Waals surface area contributed by atoms with Crippen LogP contribution in [0.1, 0.15) is 46.1 Å². The molecule has 21 heavy (non-hydrogen) atoms. The summed E-state index contributed by atoms with van der Waals surface area (Å²) < 4.78 is 0. The van der Waals surface area contributed by atoms with E-state index < -0.39 is 0 Å². The summed E-state index contributed by atoms with van der Waals surface area (Å²) in [4.78, 5) is 6.94. The number of nitrogens with zero attached hydrogens (tertiary/aromatic N) is 2. The quantitative estimate of drug-likeness (QED) is 0.830. The van der Waals surface area contributed by atoms with Gasteiger partial charge in [-0.05, 0) is 42.3 Å². The number of pyridine rings is 1. The van der Waals surface area contributed by atoms with E-state index in [9.17, 15) is 0 Å². The van der Waals surface area contributed by atoms with Gasteiger partial charge in [-0.1, -0.05) is 39.3 Å². The fourth-order valence-electron chi connectivity index (χ4n) is 2.87. The summed E-state index contributed by atoms with van der Waals surface area (Å²) in [5, 5.41) is 4.16. The Morgan fingerprint density at radius 3 is 2.76 bits per heavy atom. The largest absolute Gasteiger partial charge is 0.355 e. The van der Waals surface area contributed by atoms with Gasteiger partial charge in [-0.3, -0.25) is 0 Å². The molecule has 0 radical (unpaired) electrons. The standard InChI is InChI=1S/C17H28ClN3/c1-5-7-19-10-13-9-15(18)16(20-11-13)21-8-6-14(12-21)17(2,3)4/h9,11,14,19H,5-8,10,12H2,1-4H3. The Hall–Kier alpha value is -0.800. The molecule has 1 aromatic rings. The number of nitrogens with one attached hydrogen (secondary N) is 1. The minimum absolute atomic E-state index is 0.352. The van der Waals surface area contributed by atoms with Crippen molar-refractivity contribution in [2.75, 3.05) is 24.5 Å². The molecule has 0 amide bonds. The fourth-order valence-corrected chi connectivity index (χ4v) is 3.18. The Balaban J connectivity index is 2.01. The topological polar surface area (TPSA) is 28.2 Å². The van der Waals surface area contributed by atoms with Crippen LogP contribution in [-0.2, 0) is 6.54 Å². The number of rotatable bonds is 5. The maximum Gasteiger partial charge on any atom is 0.147 e. The third-order valence-corrected chi connectivity index (χ3v) is 4.62. The van der Waals surface area contributed by atoms with Crippen molar-refractivity contribution in [1.82, 2.24) is 10.3 Å². The molecule has 0 aromatic carbocycles. The van der Waals surface area contributed by atoms with Crippen LogP contribution < -0.4 is 10.2 Å². The van der Waals surface area contributed by atoms with Crippen molar-refractivity contribution in [3.05, 3.63) is 22.8 Å². The lowest BCUT2D eigenvalue weighted by Gasteiger charge is -2.27. The smallest absolute Gasteiger partial charge is 0.147 e. The van der Waals surface area contributed by atoms with Crippen LogP contribution in [0.2, 0.25) is 5.02 Å². The molecule has 1 aliphatic rings. The Morgan fingerprint density at radius 2 is 2.19 bits per heavy atom. The zero-order chi connectivity index (χ0) is 15.5. The molecule has 0 aliphatic carbocycles. The van der Waals surface area contributed by atoms with Gasteiger partial charge in [0.05, 0.1) is 5.02 Å². The molecule has 1 aliphatic heterocycles. The molecule has 0 spiro atoms. The third kappa shape index (κ3) is 4.33. The van der Waals surface area contributed by atoms with Gasteiger partial charge in [0.1, 0.15) is 5.82 Å². The summed E-state index contributed by atoms with van der Waals surface area (Å²) in [5.74, 6) is 1.66. The summed E-state index contributed by atoms with van der Waals surface area (Å²) in [7, 11) is 0. The van der Waals surface area contributed by atoms with Crippen molar-refractivity contribution in [2.24, 2.45) is 11.3 Å². The van der Waals surface area contributed by atoms with E-state index in [1.165, 1.54) is 6.42 Å². The van der Waals surface area contributed by atoms with Crippen molar-refractivity contribution in [2.45, 2.75) is 47.1 Å². The van der Waals surface area contributed by atoms with Crippen molar-refractivity contribution in [3.8, 4) is 0 Å². The first-order valence-electron chi connectivity index (χ1n) is 8.02. The van der Waals surface area contributed by atoms with Crippen molar-refractivity contribution in [1.29, 1.82) is 0 Å². The molecule has 1 fully saturated rings. The minimum Gasteiger partial charge on any atom is -0.355 e. The lowest BCUT2D eigenvalue weighted by atomic mass is 9.80. The molecular formula is C17H28ClN3. The van der Waals surface area contributed by atoms with Crippen LogP contribution in [0.25, 0.3) is 0 Å². The third-order valence-electron chi connectivity index (χ3n) is 4.35. The van der Waals surface area contributed by atoms with Crippen LogP contribution in [0, 0.1) is 11.3 Å². The highest BCUT2D eigenvalue weighted by Crippen LogP contribution is 2.36. The Labute approximate surface area is 134 Å². The molecule has 118 valence electrons. The first kappa shape index (κ1) is 16.6. The number of halogens is 1. The molecule has 0 saturated carbocycles. The lowest BCUT2D eigenvalue weighted by molar-refractivity contribution is 0.263.